The number of carbonyl (C=O) groups excluding carboxylic acids is 1. The van der Waals surface area contributed by atoms with Gasteiger partial charge in [-0.2, -0.15) is 5.10 Å². The number of aryl methyl sites for hydroxylation is 1. The largest absolute Gasteiger partial charge is 0.497 e. The van der Waals surface area contributed by atoms with Gasteiger partial charge in [0.05, 0.1) is 11.6 Å². The maximum atomic E-state index is 12.1. The molecule has 0 radical (unpaired) electrons. The van der Waals surface area contributed by atoms with Crippen LogP contribution in [0.1, 0.15) is 11.3 Å². The Kier molecular flexibility index (Phi) is 5.58. The van der Waals surface area contributed by atoms with Crippen molar-refractivity contribution in [3.8, 4) is 17.0 Å². The van der Waals surface area contributed by atoms with E-state index in [0.717, 1.165) is 32.7 Å². The van der Waals surface area contributed by atoms with Gasteiger partial charge in [0.1, 0.15) is 11.4 Å². The van der Waals surface area contributed by atoms with Gasteiger partial charge in [-0.25, -0.2) is 4.79 Å². The van der Waals surface area contributed by atoms with Crippen LogP contribution < -0.4 is 15.4 Å². The first-order valence-corrected chi connectivity index (χ1v) is 8.85. The summed E-state index contributed by atoms with van der Waals surface area (Å²) in [5, 5.41) is 12.9. The van der Waals surface area contributed by atoms with Crippen molar-refractivity contribution in [1.29, 1.82) is 0 Å². The molecule has 2 amide bonds. The Morgan fingerprint density at radius 2 is 2.00 bits per heavy atom. The fourth-order valence-corrected chi connectivity index (χ4v) is 2.86. The van der Waals surface area contributed by atoms with E-state index in [1.165, 1.54) is 0 Å². The number of carbonyl (C=O) groups is 1. The van der Waals surface area contributed by atoms with Crippen LogP contribution in [-0.2, 0) is 6.54 Å². The number of hydrogen-bond donors (Lipinski definition) is 3. The molecule has 0 fully saturated rings. The van der Waals surface area contributed by atoms with E-state index >= 15 is 0 Å². The van der Waals surface area contributed by atoms with Crippen LogP contribution >= 0.6 is 15.9 Å². The van der Waals surface area contributed by atoms with E-state index in [9.17, 15) is 4.79 Å². The number of amides is 2. The number of nitrogens with zero attached hydrogens (tertiary/aromatic N) is 1. The average Bonchev–Trinajstić information content (AvgIpc) is 2.99. The molecule has 2 aromatic carbocycles. The molecule has 0 unspecified atom stereocenters. The molecule has 3 N–H and O–H groups in total. The highest BCUT2D eigenvalue weighted by molar-refractivity contribution is 9.10. The number of anilines is 1. The molecular formula is C19H19BrN4O2. The lowest BCUT2D eigenvalue weighted by atomic mass is 10.1. The zero-order valence-corrected chi connectivity index (χ0v) is 16.1. The molecule has 0 aliphatic heterocycles. The predicted octanol–water partition coefficient (Wildman–Crippen LogP) is 4.48. The zero-order chi connectivity index (χ0) is 18.5. The maximum absolute atomic E-state index is 12.1. The molecule has 0 aliphatic carbocycles. The van der Waals surface area contributed by atoms with E-state index in [1.54, 1.807) is 7.11 Å². The standard InChI is InChI=1S/C19H19BrN4O2/c1-12-17(20)18(24-23-12)14-4-3-5-15(10-14)22-19(25)21-11-13-6-8-16(26-2)9-7-13/h3-10H,11H2,1-2H3,(H,23,24)(H2,21,22,25). The van der Waals surface area contributed by atoms with Crippen LogP contribution in [0.25, 0.3) is 11.3 Å². The Morgan fingerprint density at radius 3 is 2.65 bits per heavy atom. The Morgan fingerprint density at radius 1 is 1.23 bits per heavy atom. The van der Waals surface area contributed by atoms with Crippen LogP contribution in [0.2, 0.25) is 0 Å². The maximum Gasteiger partial charge on any atom is 0.319 e. The highest BCUT2D eigenvalue weighted by Crippen LogP contribution is 2.29. The van der Waals surface area contributed by atoms with Crippen molar-refractivity contribution in [3.05, 3.63) is 64.3 Å². The first-order valence-electron chi connectivity index (χ1n) is 8.05. The second kappa shape index (κ2) is 8.05. The van der Waals surface area contributed by atoms with Gasteiger partial charge in [0.25, 0.3) is 0 Å². The molecule has 26 heavy (non-hydrogen) atoms. The quantitative estimate of drug-likeness (QED) is 0.575. The van der Waals surface area contributed by atoms with Gasteiger partial charge in [-0.05, 0) is 52.7 Å². The third-order valence-corrected chi connectivity index (χ3v) is 4.85. The molecule has 1 heterocycles. The average molecular weight is 415 g/mol. The predicted molar refractivity (Wildman–Crippen MR) is 105 cm³/mol. The summed E-state index contributed by atoms with van der Waals surface area (Å²) in [4.78, 5) is 12.1. The molecule has 7 heteroatoms. The summed E-state index contributed by atoms with van der Waals surface area (Å²) in [6, 6.07) is 14.8. The van der Waals surface area contributed by atoms with E-state index in [4.69, 9.17) is 4.74 Å². The van der Waals surface area contributed by atoms with Gasteiger partial charge in [-0.3, -0.25) is 5.10 Å². The first kappa shape index (κ1) is 18.0. The number of benzene rings is 2. The zero-order valence-electron chi connectivity index (χ0n) is 14.5. The first-order chi connectivity index (χ1) is 12.6. The van der Waals surface area contributed by atoms with Crippen LogP contribution in [-0.4, -0.2) is 23.3 Å². The minimum absolute atomic E-state index is 0.268. The topological polar surface area (TPSA) is 79.0 Å². The summed E-state index contributed by atoms with van der Waals surface area (Å²) in [5.74, 6) is 0.787. The van der Waals surface area contributed by atoms with Crippen LogP contribution in [0, 0.1) is 6.92 Å². The molecule has 3 aromatic rings. The summed E-state index contributed by atoms with van der Waals surface area (Å²) >= 11 is 3.52. The molecule has 134 valence electrons. The summed E-state index contributed by atoms with van der Waals surface area (Å²) < 4.78 is 6.04. The molecule has 0 spiro atoms. The van der Waals surface area contributed by atoms with Crippen LogP contribution in [0.3, 0.4) is 0 Å². The number of halogens is 1. The third-order valence-electron chi connectivity index (χ3n) is 3.88. The highest BCUT2D eigenvalue weighted by atomic mass is 79.9. The Balaban J connectivity index is 1.62. The van der Waals surface area contributed by atoms with Crippen molar-refractivity contribution in [2.24, 2.45) is 0 Å². The number of aromatic nitrogens is 2. The minimum atomic E-state index is -0.268. The summed E-state index contributed by atoms with van der Waals surface area (Å²) in [6.07, 6.45) is 0. The summed E-state index contributed by atoms with van der Waals surface area (Å²) in [6.45, 7) is 2.37. The fourth-order valence-electron chi connectivity index (χ4n) is 2.45. The molecule has 6 nitrogen and oxygen atoms in total. The van der Waals surface area contributed by atoms with Gasteiger partial charge in [-0.15, -0.1) is 0 Å². The van der Waals surface area contributed by atoms with E-state index < -0.39 is 0 Å². The van der Waals surface area contributed by atoms with E-state index in [0.29, 0.717) is 12.2 Å². The van der Waals surface area contributed by atoms with Crippen molar-refractivity contribution in [2.45, 2.75) is 13.5 Å². The number of methoxy groups -OCH3 is 1. The van der Waals surface area contributed by atoms with Crippen LogP contribution in [0.15, 0.2) is 53.0 Å². The molecular weight excluding hydrogens is 396 g/mol. The Hall–Kier alpha value is -2.80. The lowest BCUT2D eigenvalue weighted by Crippen LogP contribution is -2.28. The Bertz CT molecular complexity index is 906. The number of ether oxygens (including phenoxy) is 1. The number of nitrogens with one attached hydrogen (secondary N) is 3. The molecule has 1 aromatic heterocycles. The van der Waals surface area contributed by atoms with Gasteiger partial charge >= 0.3 is 6.03 Å². The second-order valence-corrected chi connectivity index (χ2v) is 6.54. The van der Waals surface area contributed by atoms with Gasteiger partial charge in [-0.1, -0.05) is 24.3 Å². The van der Waals surface area contributed by atoms with Crippen molar-refractivity contribution >= 4 is 27.6 Å². The van der Waals surface area contributed by atoms with E-state index in [1.807, 2.05) is 55.5 Å². The number of hydrogen-bond acceptors (Lipinski definition) is 3. The monoisotopic (exact) mass is 414 g/mol. The highest BCUT2D eigenvalue weighted by Gasteiger charge is 2.10. The SMILES string of the molecule is COc1ccc(CNC(=O)Nc2cccc(-c3n[nH]c(C)c3Br)c2)cc1. The van der Waals surface area contributed by atoms with Crippen molar-refractivity contribution in [1.82, 2.24) is 15.5 Å². The summed E-state index contributed by atoms with van der Waals surface area (Å²) in [5.41, 5.74) is 4.36. The lowest BCUT2D eigenvalue weighted by Gasteiger charge is -2.09. The van der Waals surface area contributed by atoms with Gasteiger partial charge in [0.15, 0.2) is 0 Å². The molecule has 0 aliphatic rings. The van der Waals surface area contributed by atoms with Gasteiger partial charge < -0.3 is 15.4 Å². The molecule has 0 saturated carbocycles. The van der Waals surface area contributed by atoms with Crippen molar-refractivity contribution in [2.75, 3.05) is 12.4 Å². The van der Waals surface area contributed by atoms with Crippen LogP contribution in [0.4, 0.5) is 10.5 Å². The molecule has 3 rings (SSSR count). The van der Waals surface area contributed by atoms with E-state index in [-0.39, 0.29) is 6.03 Å². The number of rotatable bonds is 5. The Labute approximate surface area is 160 Å². The van der Waals surface area contributed by atoms with Gasteiger partial charge in [0.2, 0.25) is 0 Å². The van der Waals surface area contributed by atoms with Crippen LogP contribution in [0.5, 0.6) is 5.75 Å². The number of aromatic amines is 1. The van der Waals surface area contributed by atoms with Gasteiger partial charge in [0, 0.05) is 23.5 Å². The second-order valence-electron chi connectivity index (χ2n) is 5.75. The molecule has 0 saturated heterocycles. The number of urea groups is 1. The van der Waals surface area contributed by atoms with E-state index in [2.05, 4.69) is 36.8 Å². The lowest BCUT2D eigenvalue weighted by molar-refractivity contribution is 0.251. The normalized spacial score (nSPS) is 10.4. The van der Waals surface area contributed by atoms with Crippen molar-refractivity contribution in [3.63, 3.8) is 0 Å². The summed E-state index contributed by atoms with van der Waals surface area (Å²) in [7, 11) is 1.62. The smallest absolute Gasteiger partial charge is 0.319 e. The fraction of sp³-hybridized carbons (Fsp3) is 0.158. The third kappa shape index (κ3) is 4.23. The molecule has 0 atom stereocenters. The molecule has 0 bridgehead atoms. The number of H-pyrrole nitrogens is 1. The minimum Gasteiger partial charge on any atom is -0.497 e. The van der Waals surface area contributed by atoms with Crippen molar-refractivity contribution < 1.29 is 9.53 Å².